The fourth-order valence-electron chi connectivity index (χ4n) is 3.25. The number of pyridine rings is 1. The normalized spacial score (nSPS) is 17.6. The van der Waals surface area contributed by atoms with Crippen LogP contribution in [0.5, 0.6) is 0 Å². The molecule has 4 rings (SSSR count). The quantitative estimate of drug-likeness (QED) is 0.673. The molecular weight excluding hydrogens is 358 g/mol. The number of morpholine rings is 1. The summed E-state index contributed by atoms with van der Waals surface area (Å²) in [6.45, 7) is 3.47. The third-order valence-corrected chi connectivity index (χ3v) is 4.92. The Bertz CT molecular complexity index is 853. The zero-order chi connectivity index (χ0) is 18.5. The van der Waals surface area contributed by atoms with Gasteiger partial charge in [0.2, 0.25) is 0 Å². The summed E-state index contributed by atoms with van der Waals surface area (Å²) in [6.07, 6.45) is 2.07. The van der Waals surface area contributed by atoms with Crippen molar-refractivity contribution in [2.75, 3.05) is 25.0 Å². The number of halogens is 1. The van der Waals surface area contributed by atoms with Crippen LogP contribution in [0.25, 0.3) is 0 Å². The lowest BCUT2D eigenvalue weighted by Crippen LogP contribution is -2.37. The van der Waals surface area contributed by atoms with Gasteiger partial charge in [-0.1, -0.05) is 48.0 Å². The summed E-state index contributed by atoms with van der Waals surface area (Å²) >= 11 is 5.92. The molecular formula is C22H22ClN3O. The molecule has 27 heavy (non-hydrogen) atoms. The molecule has 2 aromatic carbocycles. The van der Waals surface area contributed by atoms with Crippen molar-refractivity contribution < 1.29 is 4.74 Å². The van der Waals surface area contributed by atoms with Crippen LogP contribution in [0, 0.1) is 0 Å². The molecule has 1 fully saturated rings. The number of nitrogens with one attached hydrogen (secondary N) is 1. The molecule has 1 aromatic heterocycles. The maximum absolute atomic E-state index is 5.95. The van der Waals surface area contributed by atoms with E-state index in [1.165, 1.54) is 11.1 Å². The van der Waals surface area contributed by atoms with Crippen LogP contribution in [-0.4, -0.2) is 29.6 Å². The van der Waals surface area contributed by atoms with Crippen molar-refractivity contribution in [3.05, 3.63) is 89.1 Å². The molecule has 1 aliphatic heterocycles. The number of benzene rings is 2. The lowest BCUT2D eigenvalue weighted by molar-refractivity contribution is -0.0329. The molecule has 3 aromatic rings. The van der Waals surface area contributed by atoms with Gasteiger partial charge < -0.3 is 10.1 Å². The predicted octanol–water partition coefficient (Wildman–Crippen LogP) is 5.05. The van der Waals surface area contributed by atoms with Crippen LogP contribution in [0.3, 0.4) is 0 Å². The van der Waals surface area contributed by atoms with E-state index in [9.17, 15) is 0 Å². The van der Waals surface area contributed by atoms with E-state index < -0.39 is 0 Å². The van der Waals surface area contributed by atoms with Crippen molar-refractivity contribution >= 4 is 23.1 Å². The van der Waals surface area contributed by atoms with Crippen LogP contribution >= 0.6 is 11.6 Å². The highest BCUT2D eigenvalue weighted by molar-refractivity contribution is 6.30. The molecule has 0 bridgehead atoms. The molecule has 0 radical (unpaired) electrons. The Morgan fingerprint density at radius 2 is 1.85 bits per heavy atom. The number of hydrogen-bond donors (Lipinski definition) is 1. The van der Waals surface area contributed by atoms with Crippen LogP contribution in [0.4, 0.5) is 11.5 Å². The molecule has 1 N–H and O–H groups in total. The molecule has 4 nitrogen and oxygen atoms in total. The SMILES string of the molecule is Clc1ccc(Nc2ccc(CN3CCOC(c4ccccc4)C3)cn2)cc1. The van der Waals surface area contributed by atoms with Gasteiger partial charge in [0.05, 0.1) is 12.7 Å². The average molecular weight is 380 g/mol. The van der Waals surface area contributed by atoms with E-state index in [4.69, 9.17) is 16.3 Å². The summed E-state index contributed by atoms with van der Waals surface area (Å²) in [6, 6.07) is 22.2. The van der Waals surface area contributed by atoms with Gasteiger partial charge in [-0.2, -0.15) is 0 Å². The van der Waals surface area contributed by atoms with Crippen LogP contribution in [0.2, 0.25) is 5.02 Å². The predicted molar refractivity (Wildman–Crippen MR) is 109 cm³/mol. The Kier molecular flexibility index (Phi) is 5.68. The van der Waals surface area contributed by atoms with Gasteiger partial charge >= 0.3 is 0 Å². The van der Waals surface area contributed by atoms with Gasteiger partial charge in [0.15, 0.2) is 0 Å². The van der Waals surface area contributed by atoms with Gasteiger partial charge in [-0.25, -0.2) is 4.98 Å². The van der Waals surface area contributed by atoms with Crippen molar-refractivity contribution in [3.63, 3.8) is 0 Å². The topological polar surface area (TPSA) is 37.4 Å². The highest BCUT2D eigenvalue weighted by atomic mass is 35.5. The number of ether oxygens (including phenoxy) is 1. The summed E-state index contributed by atoms with van der Waals surface area (Å²) in [5, 5.41) is 4.01. The van der Waals surface area contributed by atoms with Crippen LogP contribution in [0.1, 0.15) is 17.2 Å². The Morgan fingerprint density at radius 3 is 2.59 bits per heavy atom. The van der Waals surface area contributed by atoms with Gasteiger partial charge in [-0.05, 0) is 41.5 Å². The second-order valence-electron chi connectivity index (χ2n) is 6.69. The van der Waals surface area contributed by atoms with Crippen LogP contribution in [0.15, 0.2) is 72.9 Å². The van der Waals surface area contributed by atoms with Gasteiger partial charge in [0.25, 0.3) is 0 Å². The van der Waals surface area contributed by atoms with E-state index in [1.54, 1.807) is 0 Å². The lowest BCUT2D eigenvalue weighted by Gasteiger charge is -2.33. The molecule has 138 valence electrons. The molecule has 1 aliphatic rings. The Morgan fingerprint density at radius 1 is 1.04 bits per heavy atom. The largest absolute Gasteiger partial charge is 0.371 e. The number of aromatic nitrogens is 1. The monoisotopic (exact) mass is 379 g/mol. The summed E-state index contributed by atoms with van der Waals surface area (Å²) in [4.78, 5) is 6.96. The van der Waals surface area contributed by atoms with Crippen LogP contribution < -0.4 is 5.32 Å². The van der Waals surface area contributed by atoms with Crippen molar-refractivity contribution in [1.82, 2.24) is 9.88 Å². The number of hydrogen-bond acceptors (Lipinski definition) is 4. The second-order valence-corrected chi connectivity index (χ2v) is 7.13. The van der Waals surface area contributed by atoms with Crippen molar-refractivity contribution in [2.45, 2.75) is 12.6 Å². The lowest BCUT2D eigenvalue weighted by atomic mass is 10.1. The van der Waals surface area contributed by atoms with Crippen molar-refractivity contribution in [3.8, 4) is 0 Å². The zero-order valence-corrected chi connectivity index (χ0v) is 15.8. The fraction of sp³-hybridized carbons (Fsp3) is 0.227. The second kappa shape index (κ2) is 8.53. The Hall–Kier alpha value is -2.40. The fourth-order valence-corrected chi connectivity index (χ4v) is 3.37. The minimum atomic E-state index is 0.138. The number of rotatable bonds is 5. The summed E-state index contributed by atoms with van der Waals surface area (Å²) in [7, 11) is 0. The molecule has 0 spiro atoms. The van der Waals surface area contributed by atoms with E-state index >= 15 is 0 Å². The first-order chi connectivity index (χ1) is 13.3. The maximum Gasteiger partial charge on any atom is 0.130 e. The molecule has 1 saturated heterocycles. The minimum absolute atomic E-state index is 0.138. The highest BCUT2D eigenvalue weighted by Gasteiger charge is 2.21. The molecule has 0 amide bonds. The highest BCUT2D eigenvalue weighted by Crippen LogP contribution is 2.23. The standard InChI is InChI=1S/C22H22ClN3O/c23-19-7-9-20(10-8-19)25-22-11-6-17(14-24-22)15-26-12-13-27-21(16-26)18-4-2-1-3-5-18/h1-11,14,21H,12-13,15-16H2,(H,24,25). The first kappa shape index (κ1) is 18.0. The van der Waals surface area contributed by atoms with Gasteiger partial charge in [-0.3, -0.25) is 4.90 Å². The first-order valence-corrected chi connectivity index (χ1v) is 9.50. The third-order valence-electron chi connectivity index (χ3n) is 4.67. The van der Waals surface area contributed by atoms with E-state index in [0.29, 0.717) is 0 Å². The molecule has 5 heteroatoms. The minimum Gasteiger partial charge on any atom is -0.371 e. The van der Waals surface area contributed by atoms with Gasteiger partial charge in [0, 0.05) is 36.5 Å². The van der Waals surface area contributed by atoms with Crippen LogP contribution in [-0.2, 0) is 11.3 Å². The molecule has 2 heterocycles. The number of nitrogens with zero attached hydrogens (tertiary/aromatic N) is 2. The van der Waals surface area contributed by atoms with Crippen molar-refractivity contribution in [1.29, 1.82) is 0 Å². The van der Waals surface area contributed by atoms with E-state index in [2.05, 4.69) is 45.5 Å². The Labute approximate surface area is 164 Å². The van der Waals surface area contributed by atoms with E-state index in [1.807, 2.05) is 42.6 Å². The summed E-state index contributed by atoms with van der Waals surface area (Å²) in [5.74, 6) is 0.824. The smallest absolute Gasteiger partial charge is 0.130 e. The zero-order valence-electron chi connectivity index (χ0n) is 15.0. The molecule has 1 atom stereocenters. The molecule has 0 saturated carbocycles. The van der Waals surface area contributed by atoms with Gasteiger partial charge in [0.1, 0.15) is 5.82 Å². The van der Waals surface area contributed by atoms with E-state index in [0.717, 1.165) is 42.8 Å². The number of anilines is 2. The Balaban J connectivity index is 1.36. The summed E-state index contributed by atoms with van der Waals surface area (Å²) in [5.41, 5.74) is 3.41. The first-order valence-electron chi connectivity index (χ1n) is 9.13. The van der Waals surface area contributed by atoms with Crippen molar-refractivity contribution in [2.24, 2.45) is 0 Å². The van der Waals surface area contributed by atoms with Gasteiger partial charge in [-0.15, -0.1) is 0 Å². The summed E-state index contributed by atoms with van der Waals surface area (Å²) < 4.78 is 5.95. The third kappa shape index (κ3) is 4.86. The molecule has 0 aliphatic carbocycles. The molecule has 1 unspecified atom stereocenters. The average Bonchev–Trinajstić information content (AvgIpc) is 2.72. The maximum atomic E-state index is 5.95. The van der Waals surface area contributed by atoms with E-state index in [-0.39, 0.29) is 6.10 Å².